The standard InChI is InChI=1S/C17H17N3O.C17H16O4.Al/c1-17(2,3)21-11-20-14-10-12-6-4-8-18-15(12)16-13(14)7-5-9-19-16;1-20-14-7-3-12(4-8-14)16(18)11-17(19)13-5-9-15(21-2)10-6-13;/h4-11H,1-3H3;3-11,18H,1-2H3;/q;;+1/p-1/b;16-11-;. The van der Waals surface area contributed by atoms with Crippen LogP contribution in [0.3, 0.4) is 0 Å². The Morgan fingerprint density at radius 2 is 1.40 bits per heavy atom. The maximum absolute atomic E-state index is 12.3. The number of hydrogen-bond acceptors (Lipinski definition) is 8. The minimum Gasteiger partial charge on any atom is -0.653 e. The summed E-state index contributed by atoms with van der Waals surface area (Å²) < 4.78 is 21.0. The highest BCUT2D eigenvalue weighted by Gasteiger charge is 2.10. The Kier molecular flexibility index (Phi) is 10.5. The van der Waals surface area contributed by atoms with Crippen molar-refractivity contribution in [1.82, 2.24) is 9.97 Å². The number of allylic oxidation sites excluding steroid dienone is 1. The van der Waals surface area contributed by atoms with Gasteiger partial charge in [-0.15, -0.1) is 0 Å². The average molecular weight is 590 g/mol. The Morgan fingerprint density at radius 3 is 1.98 bits per heavy atom. The largest absolute Gasteiger partial charge is 0.653 e. The second-order valence-corrected chi connectivity index (χ2v) is 10.5. The Bertz CT molecular complexity index is 1750. The zero-order valence-corrected chi connectivity index (χ0v) is 25.9. The van der Waals surface area contributed by atoms with Crippen LogP contribution in [0.2, 0.25) is 0 Å². The van der Waals surface area contributed by atoms with Gasteiger partial charge in [-0.1, -0.05) is 6.07 Å². The van der Waals surface area contributed by atoms with Gasteiger partial charge in [0, 0.05) is 40.4 Å². The highest BCUT2D eigenvalue weighted by atomic mass is 27.1. The van der Waals surface area contributed by atoms with E-state index in [4.69, 9.17) is 18.0 Å². The summed E-state index contributed by atoms with van der Waals surface area (Å²) in [4.78, 5) is 25.6. The number of pyridine rings is 2. The number of nitrogens with zero attached hydrogens (tertiary/aromatic N) is 3. The molecule has 2 aromatic heterocycles. The number of benzene rings is 3. The number of ketones is 1. The van der Waals surface area contributed by atoms with Crippen LogP contribution in [0.4, 0.5) is 5.69 Å². The number of hydrogen-bond donors (Lipinski definition) is 0. The van der Waals surface area contributed by atoms with E-state index in [-0.39, 0.29) is 11.4 Å². The summed E-state index contributed by atoms with van der Waals surface area (Å²) in [6, 6.07) is 24.0. The Balaban J connectivity index is 0.000000197. The number of methoxy groups -OCH3 is 2. The SMILES string of the molecule is CC(C)(C)OC=Nc1cc2cccnc2c2ncccc12.COc1ccc(C(=O)/C=C(\[O][Al])c2ccc(OC)cc2)cc1. The van der Waals surface area contributed by atoms with Gasteiger partial charge in [-0.05, 0) is 93.6 Å². The summed E-state index contributed by atoms with van der Waals surface area (Å²) >= 11 is 2.16. The molecule has 5 aromatic rings. The van der Waals surface area contributed by atoms with Crippen LogP contribution in [0.25, 0.3) is 27.6 Å². The first-order valence-corrected chi connectivity index (χ1v) is 13.9. The van der Waals surface area contributed by atoms with Crippen molar-refractivity contribution in [3.8, 4) is 11.5 Å². The number of fused-ring (bicyclic) bond motifs is 3. The first-order valence-electron chi connectivity index (χ1n) is 13.5. The predicted octanol–water partition coefficient (Wildman–Crippen LogP) is 7.29. The van der Waals surface area contributed by atoms with Gasteiger partial charge < -0.3 is 18.0 Å². The number of ether oxygens (including phenoxy) is 3. The molecule has 0 atom stereocenters. The molecule has 0 aliphatic rings. The fraction of sp³-hybridized carbons (Fsp3) is 0.176. The number of carbonyl (C=O) groups is 1. The van der Waals surface area contributed by atoms with Gasteiger partial charge in [-0.25, -0.2) is 4.99 Å². The molecule has 0 aliphatic heterocycles. The number of aromatic nitrogens is 2. The van der Waals surface area contributed by atoms with E-state index in [1.54, 1.807) is 50.9 Å². The monoisotopic (exact) mass is 589 g/mol. The van der Waals surface area contributed by atoms with Gasteiger partial charge in [0.15, 0.2) is 12.2 Å². The van der Waals surface area contributed by atoms with Crippen molar-refractivity contribution in [1.29, 1.82) is 0 Å². The van der Waals surface area contributed by atoms with Gasteiger partial charge in [0.1, 0.15) is 17.1 Å². The van der Waals surface area contributed by atoms with Crippen LogP contribution in [0, 0.1) is 0 Å². The van der Waals surface area contributed by atoms with E-state index in [0.29, 0.717) is 17.1 Å². The predicted molar refractivity (Wildman–Crippen MR) is 171 cm³/mol. The first-order chi connectivity index (χ1) is 20.7. The van der Waals surface area contributed by atoms with Crippen molar-refractivity contribution in [3.63, 3.8) is 0 Å². The minimum absolute atomic E-state index is 0.143. The molecule has 0 fully saturated rings. The first kappa shape index (κ1) is 31.2. The molecule has 8 nitrogen and oxygen atoms in total. The zero-order valence-electron chi connectivity index (χ0n) is 24.8. The lowest BCUT2D eigenvalue weighted by Gasteiger charge is -2.16. The molecule has 0 N–H and O–H groups in total. The van der Waals surface area contributed by atoms with Gasteiger partial charge in [-0.2, -0.15) is 0 Å². The molecule has 0 bridgehead atoms. The summed E-state index contributed by atoms with van der Waals surface area (Å²) in [5, 5.41) is 1.99. The van der Waals surface area contributed by atoms with Crippen LogP contribution in [0.5, 0.6) is 11.5 Å². The Morgan fingerprint density at radius 1 is 0.814 bits per heavy atom. The van der Waals surface area contributed by atoms with E-state index in [9.17, 15) is 4.79 Å². The van der Waals surface area contributed by atoms with Crippen molar-refractivity contribution < 1.29 is 22.8 Å². The lowest BCUT2D eigenvalue weighted by atomic mass is 10.1. The van der Waals surface area contributed by atoms with Crippen molar-refractivity contribution in [2.75, 3.05) is 14.2 Å². The molecular formula is C34H32AlN3O5. The molecule has 3 aromatic carbocycles. The van der Waals surface area contributed by atoms with E-state index in [0.717, 1.165) is 38.8 Å². The van der Waals surface area contributed by atoms with Gasteiger partial charge in [-0.3, -0.25) is 14.8 Å². The summed E-state index contributed by atoms with van der Waals surface area (Å²) in [5.41, 5.74) is 3.69. The lowest BCUT2D eigenvalue weighted by molar-refractivity contribution is 0.104. The van der Waals surface area contributed by atoms with E-state index < -0.39 is 0 Å². The number of carbonyl (C=O) groups excluding carboxylic acids is 1. The highest BCUT2D eigenvalue weighted by molar-refractivity contribution is 6.10. The fourth-order valence-corrected chi connectivity index (χ4v) is 4.21. The molecular weight excluding hydrogens is 557 g/mol. The second-order valence-electron chi connectivity index (χ2n) is 10.3. The molecule has 0 saturated carbocycles. The molecule has 0 aliphatic carbocycles. The average Bonchev–Trinajstić information content (AvgIpc) is 3.03. The van der Waals surface area contributed by atoms with Crippen LogP contribution in [-0.4, -0.2) is 58.6 Å². The van der Waals surface area contributed by atoms with E-state index >= 15 is 0 Å². The normalized spacial score (nSPS) is 11.6. The van der Waals surface area contributed by atoms with Crippen molar-refractivity contribution in [2.45, 2.75) is 26.4 Å². The van der Waals surface area contributed by atoms with Crippen LogP contribution in [0.1, 0.15) is 36.7 Å². The molecule has 0 amide bonds. The molecule has 2 heterocycles. The zero-order chi connectivity index (χ0) is 30.8. The van der Waals surface area contributed by atoms with Crippen LogP contribution in [0.15, 0.2) is 102 Å². The summed E-state index contributed by atoms with van der Waals surface area (Å²) in [6.07, 6.45) is 6.51. The maximum atomic E-state index is 12.3. The summed E-state index contributed by atoms with van der Waals surface area (Å²) in [7, 11) is 3.19. The molecule has 0 spiro atoms. The van der Waals surface area contributed by atoms with Crippen LogP contribution in [-0.2, 0) is 8.53 Å². The van der Waals surface area contributed by atoms with Gasteiger partial charge in [0.05, 0.1) is 36.7 Å². The van der Waals surface area contributed by atoms with Crippen LogP contribution < -0.4 is 9.47 Å². The maximum Gasteiger partial charge on any atom is 0.482 e. The molecule has 0 saturated heterocycles. The molecule has 0 unspecified atom stereocenters. The highest BCUT2D eigenvalue weighted by Crippen LogP contribution is 2.31. The minimum atomic E-state index is -0.254. The van der Waals surface area contributed by atoms with Crippen molar-refractivity contribution in [3.05, 3.63) is 108 Å². The Hall–Kier alpha value is -4.71. The lowest BCUT2D eigenvalue weighted by Crippen LogP contribution is -2.17. The third kappa shape index (κ3) is 8.42. The van der Waals surface area contributed by atoms with Gasteiger partial charge in [0.2, 0.25) is 0 Å². The topological polar surface area (TPSA) is 92.1 Å². The molecule has 216 valence electrons. The van der Waals surface area contributed by atoms with E-state index in [2.05, 4.69) is 31.6 Å². The Labute approximate surface area is 259 Å². The van der Waals surface area contributed by atoms with Gasteiger partial charge in [0.25, 0.3) is 0 Å². The third-order valence-electron chi connectivity index (χ3n) is 6.18. The van der Waals surface area contributed by atoms with Crippen LogP contribution >= 0.6 is 0 Å². The summed E-state index contributed by atoms with van der Waals surface area (Å²) in [6.45, 7) is 5.97. The number of rotatable bonds is 8. The van der Waals surface area contributed by atoms with E-state index in [1.165, 1.54) is 12.5 Å². The van der Waals surface area contributed by atoms with Crippen molar-refractivity contribution >= 4 is 62.1 Å². The fourth-order valence-electron chi connectivity index (χ4n) is 4.00. The molecule has 5 rings (SSSR count). The van der Waals surface area contributed by atoms with Crippen molar-refractivity contribution in [2.24, 2.45) is 4.99 Å². The quantitative estimate of drug-likeness (QED) is 0.0357. The molecule has 2 radical (unpaired) electrons. The molecule has 9 heteroatoms. The smallest absolute Gasteiger partial charge is 0.482 e. The summed E-state index contributed by atoms with van der Waals surface area (Å²) in [5.74, 6) is 1.77. The molecule has 43 heavy (non-hydrogen) atoms. The second kappa shape index (κ2) is 14.5. The van der Waals surface area contributed by atoms with E-state index in [1.807, 2.05) is 75.4 Å². The number of aliphatic imine (C=N–C) groups is 1. The van der Waals surface area contributed by atoms with Gasteiger partial charge >= 0.3 is 16.6 Å². The third-order valence-corrected chi connectivity index (χ3v) is 6.43.